The number of benzene rings is 1. The van der Waals surface area contributed by atoms with Crippen LogP contribution in [0.2, 0.25) is 0 Å². The first-order valence-corrected chi connectivity index (χ1v) is 14.7. The molecule has 214 valence electrons. The highest BCUT2D eigenvalue weighted by molar-refractivity contribution is 7.83. The molecule has 1 aliphatic heterocycles. The van der Waals surface area contributed by atoms with E-state index in [1.54, 1.807) is 17.1 Å². The predicted molar refractivity (Wildman–Crippen MR) is 154 cm³/mol. The molecule has 12 heteroatoms. The SMILES string of the molecule is Cc1cc2c(c(NC(=O)NS(=O)c3cnn4c3COCC4)c1-c1ccnc3c1ccn3C(=O)OC(C)(C)C)CCC2. The molecule has 1 aliphatic carbocycles. The van der Waals surface area contributed by atoms with Crippen LogP contribution in [-0.4, -0.2) is 47.9 Å². The highest BCUT2D eigenvalue weighted by Gasteiger charge is 2.27. The predicted octanol–water partition coefficient (Wildman–Crippen LogP) is 4.85. The van der Waals surface area contributed by atoms with Crippen LogP contribution in [0.4, 0.5) is 15.3 Å². The van der Waals surface area contributed by atoms with Gasteiger partial charge in [-0.1, -0.05) is 6.07 Å². The molecule has 0 radical (unpaired) electrons. The number of ether oxygens (including phenoxy) is 2. The van der Waals surface area contributed by atoms with Crippen LogP contribution in [0.25, 0.3) is 22.2 Å². The second kappa shape index (κ2) is 10.4. The number of anilines is 1. The summed E-state index contributed by atoms with van der Waals surface area (Å²) < 4.78 is 29.9. The zero-order valence-electron chi connectivity index (χ0n) is 23.4. The van der Waals surface area contributed by atoms with Crippen molar-refractivity contribution in [2.24, 2.45) is 0 Å². The Morgan fingerprint density at radius 2 is 2.02 bits per heavy atom. The highest BCUT2D eigenvalue weighted by Crippen LogP contribution is 2.42. The smallest absolute Gasteiger partial charge is 0.420 e. The number of rotatable bonds is 4. The van der Waals surface area contributed by atoms with E-state index in [4.69, 9.17) is 9.47 Å². The number of aromatic nitrogens is 4. The van der Waals surface area contributed by atoms with Gasteiger partial charge >= 0.3 is 12.1 Å². The number of amides is 2. The quantitative estimate of drug-likeness (QED) is 0.355. The van der Waals surface area contributed by atoms with Gasteiger partial charge in [-0.05, 0) is 81.3 Å². The Morgan fingerprint density at radius 3 is 2.83 bits per heavy atom. The summed E-state index contributed by atoms with van der Waals surface area (Å²) in [5.41, 5.74) is 6.03. The van der Waals surface area contributed by atoms with Crippen molar-refractivity contribution in [3.8, 4) is 11.1 Å². The topological polar surface area (TPSA) is 129 Å². The van der Waals surface area contributed by atoms with Crippen molar-refractivity contribution in [1.29, 1.82) is 0 Å². The Hall–Kier alpha value is -4.03. The number of urea groups is 1. The lowest BCUT2D eigenvalue weighted by atomic mass is 9.92. The molecule has 41 heavy (non-hydrogen) atoms. The third kappa shape index (κ3) is 5.13. The van der Waals surface area contributed by atoms with Crippen LogP contribution >= 0.6 is 0 Å². The molecule has 2 N–H and O–H groups in total. The summed E-state index contributed by atoms with van der Waals surface area (Å²) in [6.07, 6.45) is 7.00. The molecule has 0 saturated heterocycles. The number of carbonyl (C=O) groups is 2. The first kappa shape index (κ1) is 27.2. The van der Waals surface area contributed by atoms with Crippen molar-refractivity contribution in [2.45, 2.75) is 70.6 Å². The third-order valence-electron chi connectivity index (χ3n) is 7.26. The van der Waals surface area contributed by atoms with Gasteiger partial charge in [0.25, 0.3) is 0 Å². The standard InChI is InChI=1S/C29H32N6O5S/c1-17-14-18-6-5-7-19(18)25(32-27(36)33-41(38)23-15-31-35-12-13-39-16-22(23)35)24(17)20-8-10-30-26-21(20)9-11-34(26)28(37)40-29(2,3)4/h8-11,14-15H,5-7,12-13,16H2,1-4H3,(H2,32,33,36). The van der Waals surface area contributed by atoms with Gasteiger partial charge in [-0.3, -0.25) is 9.40 Å². The molecule has 3 aromatic heterocycles. The van der Waals surface area contributed by atoms with Crippen molar-refractivity contribution in [2.75, 3.05) is 11.9 Å². The summed E-state index contributed by atoms with van der Waals surface area (Å²) in [4.78, 5) is 31.1. The monoisotopic (exact) mass is 576 g/mol. The molecule has 1 unspecified atom stereocenters. The largest absolute Gasteiger partial charge is 0.443 e. The molecule has 0 fully saturated rings. The first-order chi connectivity index (χ1) is 19.6. The molecule has 1 aromatic carbocycles. The van der Waals surface area contributed by atoms with E-state index in [2.05, 4.69) is 26.2 Å². The minimum absolute atomic E-state index is 0.293. The number of aryl methyl sites for hydroxylation is 2. The average molecular weight is 577 g/mol. The fourth-order valence-electron chi connectivity index (χ4n) is 5.58. The van der Waals surface area contributed by atoms with Crippen molar-refractivity contribution >= 4 is 39.8 Å². The van der Waals surface area contributed by atoms with Crippen LogP contribution < -0.4 is 10.0 Å². The third-order valence-corrected chi connectivity index (χ3v) is 8.38. The number of pyridine rings is 1. The first-order valence-electron chi connectivity index (χ1n) is 13.6. The van der Waals surface area contributed by atoms with E-state index >= 15 is 0 Å². The number of carbonyl (C=O) groups excluding carboxylic acids is 2. The minimum Gasteiger partial charge on any atom is -0.443 e. The highest BCUT2D eigenvalue weighted by atomic mass is 32.2. The van der Waals surface area contributed by atoms with E-state index in [1.165, 1.54) is 16.3 Å². The molecule has 1 atom stereocenters. The molecule has 11 nitrogen and oxygen atoms in total. The number of nitrogens with one attached hydrogen (secondary N) is 2. The average Bonchev–Trinajstić information content (AvgIpc) is 3.65. The lowest BCUT2D eigenvalue weighted by Gasteiger charge is -2.20. The molecule has 4 aromatic rings. The molecule has 0 saturated carbocycles. The molecule has 4 heterocycles. The second-order valence-corrected chi connectivity index (χ2v) is 12.4. The van der Waals surface area contributed by atoms with Crippen LogP contribution in [0.3, 0.4) is 0 Å². The molecule has 6 rings (SSSR count). The van der Waals surface area contributed by atoms with Gasteiger partial charge in [-0.2, -0.15) is 5.10 Å². The summed E-state index contributed by atoms with van der Waals surface area (Å²) in [7, 11) is -1.82. The Balaban J connectivity index is 1.36. The number of fused-ring (bicyclic) bond motifs is 3. The second-order valence-electron chi connectivity index (χ2n) is 11.3. The number of nitrogens with zero attached hydrogens (tertiary/aromatic N) is 4. The zero-order chi connectivity index (χ0) is 28.9. The summed E-state index contributed by atoms with van der Waals surface area (Å²) in [6.45, 7) is 8.86. The summed E-state index contributed by atoms with van der Waals surface area (Å²) in [6, 6.07) is 5.29. The van der Waals surface area contributed by atoms with Crippen LogP contribution in [0.15, 0.2) is 41.7 Å². The van der Waals surface area contributed by atoms with E-state index in [9.17, 15) is 13.8 Å². The fourth-order valence-corrected chi connectivity index (χ4v) is 6.43. The Morgan fingerprint density at radius 1 is 1.20 bits per heavy atom. The summed E-state index contributed by atoms with van der Waals surface area (Å²) >= 11 is 0. The van der Waals surface area contributed by atoms with Gasteiger partial charge in [-0.25, -0.2) is 23.3 Å². The molecular weight excluding hydrogens is 544 g/mol. The van der Waals surface area contributed by atoms with Gasteiger partial charge in [-0.15, -0.1) is 0 Å². The minimum atomic E-state index is -1.82. The van der Waals surface area contributed by atoms with Gasteiger partial charge in [0.05, 0.1) is 37.3 Å². The van der Waals surface area contributed by atoms with Gasteiger partial charge in [0.2, 0.25) is 0 Å². The van der Waals surface area contributed by atoms with Gasteiger partial charge in [0.15, 0.2) is 11.0 Å². The van der Waals surface area contributed by atoms with Crippen LogP contribution in [0, 0.1) is 6.92 Å². The van der Waals surface area contributed by atoms with E-state index in [1.807, 2.05) is 39.8 Å². The van der Waals surface area contributed by atoms with Gasteiger partial charge < -0.3 is 14.8 Å². The molecule has 0 bridgehead atoms. The summed E-state index contributed by atoms with van der Waals surface area (Å²) in [5.74, 6) is 0. The van der Waals surface area contributed by atoms with Gasteiger partial charge in [0.1, 0.15) is 16.1 Å². The van der Waals surface area contributed by atoms with E-state index in [-0.39, 0.29) is 0 Å². The van der Waals surface area contributed by atoms with Crippen molar-refractivity contribution in [3.05, 3.63) is 59.2 Å². The molecule has 2 amide bonds. The van der Waals surface area contributed by atoms with Crippen LogP contribution in [-0.2, 0) is 46.5 Å². The summed E-state index contributed by atoms with van der Waals surface area (Å²) in [5, 5.41) is 8.05. The van der Waals surface area contributed by atoms with Crippen LogP contribution in [0.5, 0.6) is 0 Å². The lowest BCUT2D eigenvalue weighted by molar-refractivity contribution is 0.0543. The Labute approximate surface area is 239 Å². The van der Waals surface area contributed by atoms with Crippen molar-refractivity contribution < 1.29 is 23.3 Å². The lowest BCUT2D eigenvalue weighted by Crippen LogP contribution is -2.32. The number of hydrogen-bond donors (Lipinski definition) is 2. The Kier molecular flexibility index (Phi) is 6.90. The maximum Gasteiger partial charge on any atom is 0.420 e. The maximum atomic E-state index is 13.3. The normalized spacial score (nSPS) is 15.3. The van der Waals surface area contributed by atoms with E-state index in [0.29, 0.717) is 41.7 Å². The zero-order valence-corrected chi connectivity index (χ0v) is 24.3. The van der Waals surface area contributed by atoms with Crippen LogP contribution in [0.1, 0.15) is 49.6 Å². The Bertz CT molecular complexity index is 1720. The van der Waals surface area contributed by atoms with Gasteiger partial charge in [0, 0.05) is 23.3 Å². The molecular formula is C29H32N6O5S. The molecule has 0 spiro atoms. The number of hydrogen-bond acceptors (Lipinski definition) is 7. The van der Waals surface area contributed by atoms with E-state index in [0.717, 1.165) is 46.9 Å². The van der Waals surface area contributed by atoms with Crippen molar-refractivity contribution in [1.82, 2.24) is 24.1 Å². The van der Waals surface area contributed by atoms with Crippen molar-refractivity contribution in [3.63, 3.8) is 0 Å². The maximum absolute atomic E-state index is 13.3. The van der Waals surface area contributed by atoms with E-state index < -0.39 is 28.7 Å². The fraction of sp³-hybridized carbons (Fsp3) is 0.379. The molecule has 2 aliphatic rings.